The Kier molecular flexibility index (Phi) is 7.39. The van der Waals surface area contributed by atoms with Crippen molar-refractivity contribution in [2.75, 3.05) is 13.2 Å². The zero-order chi connectivity index (χ0) is 22.4. The Morgan fingerprint density at radius 1 is 0.903 bits per heavy atom. The Labute approximate surface area is 183 Å². The van der Waals surface area contributed by atoms with E-state index >= 15 is 0 Å². The highest BCUT2D eigenvalue weighted by Gasteiger charge is 2.28. The van der Waals surface area contributed by atoms with Crippen molar-refractivity contribution >= 4 is 10.8 Å². The van der Waals surface area contributed by atoms with Gasteiger partial charge in [-0.2, -0.15) is 0 Å². The van der Waals surface area contributed by atoms with Gasteiger partial charge in [0.05, 0.1) is 18.6 Å². The average Bonchev–Trinajstić information content (AvgIpc) is 2.74. The molecule has 166 valence electrons. The molecule has 1 heterocycles. The summed E-state index contributed by atoms with van der Waals surface area (Å²) in [6.07, 6.45) is 3.99. The lowest BCUT2D eigenvalue weighted by atomic mass is 9.92. The van der Waals surface area contributed by atoms with Crippen molar-refractivity contribution in [3.05, 3.63) is 58.6 Å². The fourth-order valence-electron chi connectivity index (χ4n) is 3.47. The van der Waals surface area contributed by atoms with Gasteiger partial charge in [-0.05, 0) is 50.5 Å². The summed E-state index contributed by atoms with van der Waals surface area (Å²) < 4.78 is 17.6. The third kappa shape index (κ3) is 5.28. The molecule has 3 aromatic rings. The van der Waals surface area contributed by atoms with E-state index in [1.54, 1.807) is 26.0 Å². The minimum Gasteiger partial charge on any atom is -0.490 e. The van der Waals surface area contributed by atoms with E-state index < -0.39 is 11.2 Å². The van der Waals surface area contributed by atoms with E-state index in [4.69, 9.17) is 13.9 Å². The predicted molar refractivity (Wildman–Crippen MR) is 124 cm³/mol. The third-order valence-corrected chi connectivity index (χ3v) is 5.14. The summed E-state index contributed by atoms with van der Waals surface area (Å²) in [7, 11) is 0. The van der Waals surface area contributed by atoms with Gasteiger partial charge in [-0.1, -0.05) is 51.0 Å². The minimum atomic E-state index is -1.34. The smallest absolute Gasteiger partial charge is 0.343 e. The molecule has 0 atom stereocenters. The van der Waals surface area contributed by atoms with E-state index in [1.807, 2.05) is 30.3 Å². The molecular formula is C26H32O5. The van der Waals surface area contributed by atoms with E-state index in [0.29, 0.717) is 35.7 Å². The molecule has 3 rings (SSSR count). The first-order valence-electron chi connectivity index (χ1n) is 11.1. The van der Waals surface area contributed by atoms with Gasteiger partial charge in [0.25, 0.3) is 0 Å². The Morgan fingerprint density at radius 3 is 2.13 bits per heavy atom. The normalized spacial score (nSPS) is 11.6. The average molecular weight is 425 g/mol. The number of benzene rings is 2. The van der Waals surface area contributed by atoms with Gasteiger partial charge in [-0.25, -0.2) is 4.79 Å². The van der Waals surface area contributed by atoms with E-state index in [1.165, 1.54) is 0 Å². The Hall–Kier alpha value is -2.79. The zero-order valence-electron chi connectivity index (χ0n) is 18.9. The van der Waals surface area contributed by atoms with E-state index in [9.17, 15) is 9.90 Å². The number of rotatable bonds is 10. The molecule has 5 nitrogen and oxygen atoms in total. The van der Waals surface area contributed by atoms with Crippen LogP contribution in [0.3, 0.4) is 0 Å². The van der Waals surface area contributed by atoms with Gasteiger partial charge >= 0.3 is 5.63 Å². The third-order valence-electron chi connectivity index (χ3n) is 5.14. The molecule has 1 N–H and O–H groups in total. The van der Waals surface area contributed by atoms with Crippen molar-refractivity contribution in [2.45, 2.75) is 59.0 Å². The second-order valence-electron chi connectivity index (χ2n) is 8.26. The van der Waals surface area contributed by atoms with Crippen molar-refractivity contribution in [3.63, 3.8) is 0 Å². The van der Waals surface area contributed by atoms with Gasteiger partial charge < -0.3 is 19.0 Å². The number of hydrogen-bond acceptors (Lipinski definition) is 5. The van der Waals surface area contributed by atoms with Crippen LogP contribution in [0.2, 0.25) is 0 Å². The first-order chi connectivity index (χ1) is 14.9. The summed E-state index contributed by atoms with van der Waals surface area (Å²) in [4.78, 5) is 12.5. The molecule has 0 aliphatic carbocycles. The number of unbranched alkanes of at least 4 members (excludes halogenated alkanes) is 2. The molecule has 2 aromatic carbocycles. The number of hydrogen-bond donors (Lipinski definition) is 1. The molecule has 31 heavy (non-hydrogen) atoms. The van der Waals surface area contributed by atoms with Crippen LogP contribution in [0.15, 0.2) is 51.7 Å². The molecule has 0 aliphatic rings. The van der Waals surface area contributed by atoms with Crippen molar-refractivity contribution in [3.8, 4) is 22.6 Å². The first kappa shape index (κ1) is 22.9. The highest BCUT2D eigenvalue weighted by atomic mass is 16.5. The van der Waals surface area contributed by atoms with Crippen molar-refractivity contribution < 1.29 is 19.0 Å². The lowest BCUT2D eigenvalue weighted by Crippen LogP contribution is -2.20. The highest BCUT2D eigenvalue weighted by molar-refractivity contribution is 5.97. The molecule has 0 amide bonds. The van der Waals surface area contributed by atoms with Gasteiger partial charge in [0, 0.05) is 10.9 Å². The van der Waals surface area contributed by atoms with Gasteiger partial charge in [-0.3, -0.25) is 0 Å². The molecule has 1 aromatic heterocycles. The van der Waals surface area contributed by atoms with Crippen LogP contribution in [0.1, 0.15) is 59.1 Å². The van der Waals surface area contributed by atoms with Crippen LogP contribution in [0, 0.1) is 0 Å². The summed E-state index contributed by atoms with van der Waals surface area (Å²) >= 11 is 0. The quantitative estimate of drug-likeness (QED) is 0.402. The lowest BCUT2D eigenvalue weighted by Gasteiger charge is -2.22. The van der Waals surface area contributed by atoms with Crippen LogP contribution in [0.5, 0.6) is 11.5 Å². The van der Waals surface area contributed by atoms with Gasteiger partial charge in [0.2, 0.25) is 0 Å². The van der Waals surface area contributed by atoms with Crippen LogP contribution in [0.25, 0.3) is 21.9 Å². The summed E-state index contributed by atoms with van der Waals surface area (Å²) in [6.45, 7) is 8.68. The summed E-state index contributed by atoms with van der Waals surface area (Å²) in [5.74, 6) is 1.58. The summed E-state index contributed by atoms with van der Waals surface area (Å²) in [5.41, 5.74) is -0.317. The van der Waals surface area contributed by atoms with Crippen molar-refractivity contribution in [1.82, 2.24) is 0 Å². The second-order valence-corrected chi connectivity index (χ2v) is 8.26. The number of ether oxygens (including phenoxy) is 2. The van der Waals surface area contributed by atoms with Crippen LogP contribution in [-0.2, 0) is 5.60 Å². The fraction of sp³-hybridized carbons (Fsp3) is 0.423. The Bertz CT molecular complexity index is 1080. The van der Waals surface area contributed by atoms with Crippen LogP contribution in [-0.4, -0.2) is 18.3 Å². The summed E-state index contributed by atoms with van der Waals surface area (Å²) in [5, 5.41) is 12.0. The van der Waals surface area contributed by atoms with Crippen LogP contribution < -0.4 is 15.1 Å². The highest BCUT2D eigenvalue weighted by Crippen LogP contribution is 2.40. The standard InChI is InChI=1S/C26H32O5/c1-5-7-15-29-21-14-13-18(17-22(21)30-16-8-6-2)23-19-11-9-10-12-20(19)25(27)31-24(23)26(3,4)28/h9-14,17,28H,5-8,15-16H2,1-4H3. The largest absolute Gasteiger partial charge is 0.490 e. The van der Waals surface area contributed by atoms with Crippen LogP contribution >= 0.6 is 0 Å². The lowest BCUT2D eigenvalue weighted by molar-refractivity contribution is 0.0521. The topological polar surface area (TPSA) is 68.9 Å². The molecule has 0 bridgehead atoms. The SMILES string of the molecule is CCCCOc1ccc(-c2c(C(C)(C)O)oc(=O)c3ccccc23)cc1OCCCC. The molecule has 0 spiro atoms. The maximum absolute atomic E-state index is 12.5. The molecule has 0 unspecified atom stereocenters. The molecule has 0 fully saturated rings. The molecular weight excluding hydrogens is 392 g/mol. The maximum atomic E-state index is 12.5. The number of fused-ring (bicyclic) bond motifs is 1. The van der Waals surface area contributed by atoms with Gasteiger partial charge in [0.15, 0.2) is 11.5 Å². The van der Waals surface area contributed by atoms with Gasteiger partial charge in [-0.15, -0.1) is 0 Å². The monoisotopic (exact) mass is 424 g/mol. The van der Waals surface area contributed by atoms with E-state index in [2.05, 4.69) is 13.8 Å². The fourth-order valence-corrected chi connectivity index (χ4v) is 3.47. The number of aliphatic hydroxyl groups is 1. The van der Waals surface area contributed by atoms with Crippen molar-refractivity contribution in [1.29, 1.82) is 0 Å². The van der Waals surface area contributed by atoms with Gasteiger partial charge in [0.1, 0.15) is 11.4 Å². The Balaban J connectivity index is 2.18. The van der Waals surface area contributed by atoms with E-state index in [0.717, 1.165) is 36.6 Å². The predicted octanol–water partition coefficient (Wildman–Crippen LogP) is 6.05. The Morgan fingerprint density at radius 2 is 1.52 bits per heavy atom. The molecule has 0 aliphatic heterocycles. The zero-order valence-corrected chi connectivity index (χ0v) is 18.9. The maximum Gasteiger partial charge on any atom is 0.343 e. The molecule has 5 heteroatoms. The summed E-state index contributed by atoms with van der Waals surface area (Å²) in [6, 6.07) is 13.0. The first-order valence-corrected chi connectivity index (χ1v) is 11.1. The minimum absolute atomic E-state index is 0.232. The molecule has 0 saturated carbocycles. The second kappa shape index (κ2) is 10.0. The van der Waals surface area contributed by atoms with Crippen molar-refractivity contribution in [2.24, 2.45) is 0 Å². The van der Waals surface area contributed by atoms with Crippen LogP contribution in [0.4, 0.5) is 0 Å². The molecule has 0 saturated heterocycles. The molecule has 0 radical (unpaired) electrons. The van der Waals surface area contributed by atoms with E-state index in [-0.39, 0.29) is 5.76 Å².